The third-order valence-electron chi connectivity index (χ3n) is 5.74. The van der Waals surface area contributed by atoms with E-state index in [1.165, 1.54) is 24.3 Å². The molecule has 0 spiro atoms. The second-order valence-electron chi connectivity index (χ2n) is 9.54. The second kappa shape index (κ2) is 10.1. The van der Waals surface area contributed by atoms with E-state index in [-0.39, 0.29) is 6.04 Å². The van der Waals surface area contributed by atoms with Crippen LogP contribution in [0.3, 0.4) is 0 Å². The van der Waals surface area contributed by atoms with Gasteiger partial charge in [-0.2, -0.15) is 26.3 Å². The first-order valence-corrected chi connectivity index (χ1v) is 11.2. The summed E-state index contributed by atoms with van der Waals surface area (Å²) < 4.78 is 83.3. The van der Waals surface area contributed by atoms with E-state index in [4.69, 9.17) is 4.74 Å². The first kappa shape index (κ1) is 26.8. The van der Waals surface area contributed by atoms with Crippen molar-refractivity contribution in [1.29, 1.82) is 0 Å². The van der Waals surface area contributed by atoms with Crippen molar-refractivity contribution in [3.05, 3.63) is 70.8 Å². The molecule has 1 fully saturated rings. The molecule has 1 aliphatic rings. The van der Waals surface area contributed by atoms with Gasteiger partial charge in [-0.3, -0.25) is 4.90 Å². The zero-order valence-electron chi connectivity index (χ0n) is 19.7. The van der Waals surface area contributed by atoms with Crippen molar-refractivity contribution >= 4 is 6.09 Å². The van der Waals surface area contributed by atoms with Crippen LogP contribution >= 0.6 is 0 Å². The molecule has 3 rings (SSSR count). The van der Waals surface area contributed by atoms with Gasteiger partial charge in [0.15, 0.2) is 0 Å². The van der Waals surface area contributed by atoms with E-state index in [9.17, 15) is 31.1 Å². The number of hydrogen-bond donors (Lipinski definition) is 0. The molecule has 0 radical (unpaired) electrons. The predicted molar refractivity (Wildman–Crippen MR) is 119 cm³/mol. The third kappa shape index (κ3) is 7.37. The lowest BCUT2D eigenvalue weighted by Crippen LogP contribution is -2.51. The van der Waals surface area contributed by atoms with E-state index in [0.717, 1.165) is 24.3 Å². The van der Waals surface area contributed by atoms with E-state index in [1.54, 1.807) is 25.7 Å². The highest BCUT2D eigenvalue weighted by Crippen LogP contribution is 2.33. The molecular formula is C25H28F6N2O2. The fourth-order valence-electron chi connectivity index (χ4n) is 3.95. The van der Waals surface area contributed by atoms with E-state index in [0.29, 0.717) is 43.7 Å². The van der Waals surface area contributed by atoms with Crippen molar-refractivity contribution in [3.63, 3.8) is 0 Å². The zero-order chi connectivity index (χ0) is 26.0. The summed E-state index contributed by atoms with van der Waals surface area (Å²) in [7, 11) is 0. The number of piperazine rings is 1. The number of carbonyl (C=O) groups excluding carboxylic acids is 1. The summed E-state index contributed by atoms with van der Waals surface area (Å²) in [5, 5.41) is 0. The largest absolute Gasteiger partial charge is 0.444 e. The number of benzene rings is 2. The fourth-order valence-corrected chi connectivity index (χ4v) is 3.95. The fraction of sp³-hybridized carbons (Fsp3) is 0.480. The predicted octanol–water partition coefficient (Wildman–Crippen LogP) is 6.56. The van der Waals surface area contributed by atoms with Gasteiger partial charge in [-0.1, -0.05) is 24.3 Å². The van der Waals surface area contributed by atoms with Crippen LogP contribution in [-0.2, 0) is 23.5 Å². The summed E-state index contributed by atoms with van der Waals surface area (Å²) in [4.78, 5) is 16.0. The van der Waals surface area contributed by atoms with Gasteiger partial charge in [0, 0.05) is 32.2 Å². The standard InChI is InChI=1S/C25H28F6N2O2/c1-23(2,3)35-22(34)33-14-12-32(13-15-33)21(18-6-10-20(11-7-18)25(29,30)31)16-17-4-8-19(9-5-17)24(26,27)28/h4-11,21H,12-16H2,1-3H3. The molecule has 1 atom stereocenters. The normalized spacial score (nSPS) is 16.8. The van der Waals surface area contributed by atoms with Crippen LogP contribution in [0.15, 0.2) is 48.5 Å². The summed E-state index contributed by atoms with van der Waals surface area (Å²) in [6.07, 6.45) is -9.06. The van der Waals surface area contributed by atoms with Crippen LogP contribution in [-0.4, -0.2) is 47.7 Å². The molecule has 0 bridgehead atoms. The van der Waals surface area contributed by atoms with Crippen LogP contribution in [0.4, 0.5) is 31.1 Å². The summed E-state index contributed by atoms with van der Waals surface area (Å²) in [5.41, 5.74) is -0.941. The monoisotopic (exact) mass is 502 g/mol. The van der Waals surface area contributed by atoms with Crippen molar-refractivity contribution < 1.29 is 35.9 Å². The Balaban J connectivity index is 1.80. The second-order valence-corrected chi connectivity index (χ2v) is 9.54. The Morgan fingerprint density at radius 2 is 1.26 bits per heavy atom. The Labute approximate surface area is 200 Å². The molecule has 2 aromatic rings. The number of ether oxygens (including phenoxy) is 1. The molecule has 10 heteroatoms. The van der Waals surface area contributed by atoms with Crippen LogP contribution in [0.2, 0.25) is 0 Å². The number of carbonyl (C=O) groups is 1. The van der Waals surface area contributed by atoms with Crippen molar-refractivity contribution in [2.45, 2.75) is 51.2 Å². The average molecular weight is 502 g/mol. The molecule has 2 aromatic carbocycles. The van der Waals surface area contributed by atoms with Crippen LogP contribution < -0.4 is 0 Å². The highest BCUT2D eigenvalue weighted by molar-refractivity contribution is 5.68. The minimum absolute atomic E-state index is 0.302. The Kier molecular flexibility index (Phi) is 7.74. The van der Waals surface area contributed by atoms with Crippen molar-refractivity contribution in [3.8, 4) is 0 Å². The lowest BCUT2D eigenvalue weighted by atomic mass is 9.95. The van der Waals surface area contributed by atoms with Gasteiger partial charge in [0.1, 0.15) is 5.60 Å². The summed E-state index contributed by atoms with van der Waals surface area (Å²) in [6, 6.07) is 9.20. The molecule has 192 valence electrons. The smallest absolute Gasteiger partial charge is 0.416 e. The summed E-state index contributed by atoms with van der Waals surface area (Å²) >= 11 is 0. The molecule has 0 aliphatic carbocycles. The molecule has 0 saturated carbocycles. The Morgan fingerprint density at radius 3 is 1.69 bits per heavy atom. The summed E-state index contributed by atoms with van der Waals surface area (Å²) in [6.45, 7) is 6.90. The van der Waals surface area contributed by atoms with E-state index < -0.39 is 35.2 Å². The van der Waals surface area contributed by atoms with Crippen LogP contribution in [0.1, 0.15) is 49.1 Å². The SMILES string of the molecule is CC(C)(C)OC(=O)N1CCN(C(Cc2ccc(C(F)(F)F)cc2)c2ccc(C(F)(F)F)cc2)CC1. The van der Waals surface area contributed by atoms with Gasteiger partial charge in [0.25, 0.3) is 0 Å². The van der Waals surface area contributed by atoms with Crippen LogP contribution in [0.5, 0.6) is 0 Å². The van der Waals surface area contributed by atoms with E-state index >= 15 is 0 Å². The quantitative estimate of drug-likeness (QED) is 0.444. The minimum atomic E-state index is -4.47. The molecule has 35 heavy (non-hydrogen) atoms. The maximum Gasteiger partial charge on any atom is 0.416 e. The average Bonchev–Trinajstić information content (AvgIpc) is 2.76. The number of hydrogen-bond acceptors (Lipinski definition) is 3. The number of rotatable bonds is 4. The highest BCUT2D eigenvalue weighted by Gasteiger charge is 2.33. The Bertz CT molecular complexity index is 987. The third-order valence-corrected chi connectivity index (χ3v) is 5.74. The lowest BCUT2D eigenvalue weighted by Gasteiger charge is -2.40. The molecule has 4 nitrogen and oxygen atoms in total. The Morgan fingerprint density at radius 1 is 0.800 bits per heavy atom. The molecular weight excluding hydrogens is 474 g/mol. The number of nitrogens with zero attached hydrogens (tertiary/aromatic N) is 2. The maximum atomic E-state index is 13.0. The lowest BCUT2D eigenvalue weighted by molar-refractivity contribution is -0.138. The number of alkyl halides is 6. The van der Waals surface area contributed by atoms with Gasteiger partial charge in [-0.25, -0.2) is 4.79 Å². The van der Waals surface area contributed by atoms with Gasteiger partial charge in [-0.15, -0.1) is 0 Å². The van der Waals surface area contributed by atoms with Crippen molar-refractivity contribution in [1.82, 2.24) is 9.80 Å². The van der Waals surface area contributed by atoms with E-state index in [1.807, 2.05) is 4.90 Å². The topological polar surface area (TPSA) is 32.8 Å². The molecule has 1 aliphatic heterocycles. The van der Waals surface area contributed by atoms with E-state index in [2.05, 4.69) is 0 Å². The molecule has 1 unspecified atom stereocenters. The highest BCUT2D eigenvalue weighted by atomic mass is 19.4. The number of halogens is 6. The van der Waals surface area contributed by atoms with Gasteiger partial charge < -0.3 is 9.64 Å². The maximum absolute atomic E-state index is 13.0. The van der Waals surface area contributed by atoms with Gasteiger partial charge in [-0.05, 0) is 62.6 Å². The van der Waals surface area contributed by atoms with Crippen LogP contribution in [0.25, 0.3) is 0 Å². The first-order chi connectivity index (χ1) is 16.1. The van der Waals surface area contributed by atoms with Crippen molar-refractivity contribution in [2.24, 2.45) is 0 Å². The van der Waals surface area contributed by atoms with Gasteiger partial charge in [0.2, 0.25) is 0 Å². The van der Waals surface area contributed by atoms with Crippen molar-refractivity contribution in [2.75, 3.05) is 26.2 Å². The summed E-state index contributed by atoms with van der Waals surface area (Å²) in [5.74, 6) is 0. The molecule has 1 amide bonds. The number of amides is 1. The Hall–Kier alpha value is -2.75. The first-order valence-electron chi connectivity index (χ1n) is 11.2. The van der Waals surface area contributed by atoms with Crippen LogP contribution in [0, 0.1) is 0 Å². The van der Waals surface area contributed by atoms with Gasteiger partial charge >= 0.3 is 18.4 Å². The zero-order valence-corrected chi connectivity index (χ0v) is 19.7. The molecule has 1 heterocycles. The molecule has 0 N–H and O–H groups in total. The molecule has 0 aromatic heterocycles. The van der Waals surface area contributed by atoms with Gasteiger partial charge in [0.05, 0.1) is 11.1 Å². The minimum Gasteiger partial charge on any atom is -0.444 e. The molecule has 1 saturated heterocycles.